The van der Waals surface area contributed by atoms with E-state index in [1.54, 1.807) is 0 Å². The molecule has 0 spiro atoms. The van der Waals surface area contributed by atoms with Gasteiger partial charge in [0.1, 0.15) is 5.75 Å². The number of hydrogen-bond donors (Lipinski definition) is 1. The van der Waals surface area contributed by atoms with Crippen LogP contribution in [0.3, 0.4) is 0 Å². The smallest absolute Gasteiger partial charge is 0.224 e. The number of benzene rings is 2. The number of unbranched alkanes of at least 4 members (excludes halogenated alkanes) is 2. The highest BCUT2D eigenvalue weighted by Gasteiger charge is 2.33. The van der Waals surface area contributed by atoms with E-state index in [9.17, 15) is 9.59 Å². The van der Waals surface area contributed by atoms with Gasteiger partial charge in [-0.05, 0) is 54.4 Å². The molecule has 0 unspecified atom stereocenters. The zero-order valence-electron chi connectivity index (χ0n) is 19.0. The molecule has 170 valence electrons. The number of rotatable bonds is 5. The van der Waals surface area contributed by atoms with Crippen molar-refractivity contribution in [3.05, 3.63) is 48.5 Å². The fraction of sp³-hybridized carbons (Fsp3) is 0.481. The van der Waals surface area contributed by atoms with Crippen LogP contribution in [0.15, 0.2) is 48.5 Å². The molecule has 1 saturated heterocycles. The Morgan fingerprint density at radius 1 is 1.06 bits per heavy atom. The largest absolute Gasteiger partial charge is 0.491 e. The molecule has 0 aromatic heterocycles. The summed E-state index contributed by atoms with van der Waals surface area (Å²) in [7, 11) is 0. The maximum absolute atomic E-state index is 12.9. The summed E-state index contributed by atoms with van der Waals surface area (Å²) in [4.78, 5) is 27.5. The molecule has 2 heterocycles. The minimum Gasteiger partial charge on any atom is -0.491 e. The van der Waals surface area contributed by atoms with Crippen molar-refractivity contribution in [3.63, 3.8) is 0 Å². The standard InChI is InChI=1S/C27H34N2O3/c1-2-3-5-10-27(31)29-15-13-22-18-26(30)28-24-17-21(20-8-6-4-7-9-20)11-12-25(24)32-16-14-23(22)19-29/h4,6-9,11-12,17,22-23H,2-3,5,10,13-16,18-19H2,1H3,(H,28,30)/t22-,23-/m0/s1. The summed E-state index contributed by atoms with van der Waals surface area (Å²) in [6.07, 6.45) is 6.07. The number of nitrogens with zero attached hydrogens (tertiary/aromatic N) is 1. The minimum absolute atomic E-state index is 0.0275. The number of fused-ring (bicyclic) bond motifs is 2. The molecule has 32 heavy (non-hydrogen) atoms. The van der Waals surface area contributed by atoms with Crippen LogP contribution < -0.4 is 10.1 Å². The number of carbonyl (C=O) groups excluding carboxylic acids is 2. The Morgan fingerprint density at radius 2 is 1.91 bits per heavy atom. The van der Waals surface area contributed by atoms with Gasteiger partial charge >= 0.3 is 0 Å². The van der Waals surface area contributed by atoms with Crippen molar-refractivity contribution in [3.8, 4) is 16.9 Å². The number of hydrogen-bond acceptors (Lipinski definition) is 3. The molecule has 5 nitrogen and oxygen atoms in total. The van der Waals surface area contributed by atoms with Crippen molar-refractivity contribution in [2.75, 3.05) is 25.0 Å². The van der Waals surface area contributed by atoms with E-state index in [2.05, 4.69) is 24.4 Å². The highest BCUT2D eigenvalue weighted by Crippen LogP contribution is 2.35. The van der Waals surface area contributed by atoms with Crippen molar-refractivity contribution in [1.29, 1.82) is 0 Å². The quantitative estimate of drug-likeness (QED) is 0.631. The van der Waals surface area contributed by atoms with Crippen LogP contribution in [0.25, 0.3) is 11.1 Å². The Hall–Kier alpha value is -2.82. The normalized spacial score (nSPS) is 21.0. The molecule has 2 aliphatic rings. The third-order valence-electron chi connectivity index (χ3n) is 6.79. The summed E-state index contributed by atoms with van der Waals surface area (Å²) in [5.41, 5.74) is 2.90. The Morgan fingerprint density at radius 3 is 2.72 bits per heavy atom. The first kappa shape index (κ1) is 22.4. The molecular weight excluding hydrogens is 400 g/mol. The first-order valence-corrected chi connectivity index (χ1v) is 12.0. The molecule has 2 amide bonds. The van der Waals surface area contributed by atoms with E-state index in [0.29, 0.717) is 31.1 Å². The summed E-state index contributed by atoms with van der Waals surface area (Å²) in [5.74, 6) is 1.59. The number of amides is 2. The second-order valence-corrected chi connectivity index (χ2v) is 9.07. The summed E-state index contributed by atoms with van der Waals surface area (Å²) >= 11 is 0. The average molecular weight is 435 g/mol. The molecule has 1 N–H and O–H groups in total. The van der Waals surface area contributed by atoms with Gasteiger partial charge in [-0.1, -0.05) is 56.2 Å². The zero-order chi connectivity index (χ0) is 22.3. The molecule has 1 fully saturated rings. The van der Waals surface area contributed by atoms with Crippen LogP contribution in [0, 0.1) is 11.8 Å². The van der Waals surface area contributed by atoms with Gasteiger partial charge in [0, 0.05) is 25.9 Å². The van der Waals surface area contributed by atoms with Gasteiger partial charge in [-0.15, -0.1) is 0 Å². The molecule has 2 aromatic carbocycles. The van der Waals surface area contributed by atoms with Gasteiger partial charge in [0.25, 0.3) is 0 Å². The molecule has 2 aromatic rings. The monoisotopic (exact) mass is 434 g/mol. The topological polar surface area (TPSA) is 58.6 Å². The number of ether oxygens (including phenoxy) is 1. The summed E-state index contributed by atoms with van der Waals surface area (Å²) < 4.78 is 6.11. The Bertz CT molecular complexity index is 928. The van der Waals surface area contributed by atoms with Crippen molar-refractivity contribution in [1.82, 2.24) is 4.90 Å². The van der Waals surface area contributed by atoms with Crippen molar-refractivity contribution < 1.29 is 14.3 Å². The second kappa shape index (κ2) is 10.7. The number of piperidine rings is 1. The van der Waals surface area contributed by atoms with Crippen molar-refractivity contribution in [2.24, 2.45) is 11.8 Å². The molecule has 2 aliphatic heterocycles. The Kier molecular flexibility index (Phi) is 7.46. The predicted molar refractivity (Wildman–Crippen MR) is 128 cm³/mol. The summed E-state index contributed by atoms with van der Waals surface area (Å²) in [6, 6.07) is 16.1. The number of carbonyl (C=O) groups is 2. The van der Waals surface area contributed by atoms with E-state index in [4.69, 9.17) is 4.74 Å². The molecule has 4 rings (SSSR count). The van der Waals surface area contributed by atoms with Gasteiger partial charge in [0.15, 0.2) is 0 Å². The Balaban J connectivity index is 1.45. The molecule has 0 radical (unpaired) electrons. The van der Waals surface area contributed by atoms with Crippen LogP contribution >= 0.6 is 0 Å². The highest BCUT2D eigenvalue weighted by atomic mass is 16.5. The SMILES string of the molecule is CCCCCC(=O)N1CC[C@H]2CC(=O)Nc3cc(-c4ccccc4)ccc3OCC[C@H]2C1. The lowest BCUT2D eigenvalue weighted by atomic mass is 9.81. The summed E-state index contributed by atoms with van der Waals surface area (Å²) in [5, 5.41) is 3.10. The molecule has 0 bridgehead atoms. The average Bonchev–Trinajstić information content (AvgIpc) is 2.81. The fourth-order valence-electron chi connectivity index (χ4n) is 4.91. The van der Waals surface area contributed by atoms with Crippen molar-refractivity contribution in [2.45, 2.75) is 51.9 Å². The van der Waals surface area contributed by atoms with Gasteiger partial charge in [0.05, 0.1) is 12.3 Å². The maximum Gasteiger partial charge on any atom is 0.224 e. The van der Waals surface area contributed by atoms with E-state index in [0.717, 1.165) is 62.0 Å². The third-order valence-corrected chi connectivity index (χ3v) is 6.79. The first-order chi connectivity index (χ1) is 15.6. The van der Waals surface area contributed by atoms with E-state index < -0.39 is 0 Å². The van der Waals surface area contributed by atoms with Gasteiger partial charge in [-0.3, -0.25) is 9.59 Å². The molecular formula is C27H34N2O3. The molecule has 5 heteroatoms. The molecule has 2 atom stereocenters. The highest BCUT2D eigenvalue weighted by molar-refractivity contribution is 5.93. The minimum atomic E-state index is 0.0275. The maximum atomic E-state index is 12.9. The number of nitrogens with one attached hydrogen (secondary N) is 1. The van der Waals surface area contributed by atoms with Crippen LogP contribution in [0.5, 0.6) is 5.75 Å². The first-order valence-electron chi connectivity index (χ1n) is 12.0. The van der Waals surface area contributed by atoms with Gasteiger partial charge < -0.3 is 15.0 Å². The second-order valence-electron chi connectivity index (χ2n) is 9.07. The fourth-order valence-corrected chi connectivity index (χ4v) is 4.91. The van der Waals surface area contributed by atoms with Crippen LogP contribution in [-0.4, -0.2) is 36.4 Å². The summed E-state index contributed by atoms with van der Waals surface area (Å²) in [6.45, 7) is 4.25. The Labute approximate surface area is 191 Å². The van der Waals surface area contributed by atoms with E-state index >= 15 is 0 Å². The molecule has 0 saturated carbocycles. The number of likely N-dealkylation sites (tertiary alicyclic amines) is 1. The van der Waals surface area contributed by atoms with Crippen LogP contribution in [-0.2, 0) is 9.59 Å². The van der Waals surface area contributed by atoms with Crippen LogP contribution in [0.2, 0.25) is 0 Å². The van der Waals surface area contributed by atoms with Gasteiger partial charge in [-0.25, -0.2) is 0 Å². The third kappa shape index (κ3) is 5.50. The lowest BCUT2D eigenvalue weighted by Crippen LogP contribution is -2.45. The lowest BCUT2D eigenvalue weighted by Gasteiger charge is -2.39. The van der Waals surface area contributed by atoms with E-state index in [1.165, 1.54) is 0 Å². The van der Waals surface area contributed by atoms with E-state index in [1.807, 2.05) is 41.3 Å². The zero-order valence-corrected chi connectivity index (χ0v) is 19.0. The van der Waals surface area contributed by atoms with Crippen LogP contribution in [0.4, 0.5) is 5.69 Å². The lowest BCUT2D eigenvalue weighted by molar-refractivity contribution is -0.134. The van der Waals surface area contributed by atoms with Gasteiger partial charge in [0.2, 0.25) is 11.8 Å². The predicted octanol–water partition coefficient (Wildman–Crippen LogP) is 5.51. The van der Waals surface area contributed by atoms with Crippen molar-refractivity contribution >= 4 is 17.5 Å². The van der Waals surface area contributed by atoms with Gasteiger partial charge in [-0.2, -0.15) is 0 Å². The molecule has 0 aliphatic carbocycles. The van der Waals surface area contributed by atoms with E-state index in [-0.39, 0.29) is 17.7 Å². The van der Waals surface area contributed by atoms with Crippen LogP contribution in [0.1, 0.15) is 51.9 Å². The number of anilines is 1.